The van der Waals surface area contributed by atoms with Gasteiger partial charge in [0.2, 0.25) is 0 Å². The summed E-state index contributed by atoms with van der Waals surface area (Å²) < 4.78 is 1.81. The van der Waals surface area contributed by atoms with Gasteiger partial charge in [0.25, 0.3) is 5.91 Å². The van der Waals surface area contributed by atoms with Crippen molar-refractivity contribution < 1.29 is 4.79 Å². The van der Waals surface area contributed by atoms with Gasteiger partial charge in [-0.15, -0.1) is 0 Å². The van der Waals surface area contributed by atoms with Crippen LogP contribution < -0.4 is 15.5 Å². The van der Waals surface area contributed by atoms with Crippen LogP contribution in [0.1, 0.15) is 28.2 Å². The third kappa shape index (κ3) is 3.48. The van der Waals surface area contributed by atoms with Crippen LogP contribution in [0.4, 0.5) is 11.5 Å². The molecule has 1 fully saturated rings. The lowest BCUT2D eigenvalue weighted by Crippen LogP contribution is -2.30. The Morgan fingerprint density at radius 3 is 2.78 bits per heavy atom. The third-order valence-electron chi connectivity index (χ3n) is 4.96. The van der Waals surface area contributed by atoms with Crippen LogP contribution in [-0.2, 0) is 0 Å². The largest absolute Gasteiger partial charge is 0.354 e. The molecule has 8 nitrogen and oxygen atoms in total. The highest BCUT2D eigenvalue weighted by Gasteiger charge is 2.22. The molecule has 1 saturated heterocycles. The van der Waals surface area contributed by atoms with Gasteiger partial charge in [-0.3, -0.25) is 4.79 Å². The van der Waals surface area contributed by atoms with E-state index in [1.807, 2.05) is 43.7 Å². The van der Waals surface area contributed by atoms with Crippen LogP contribution in [0.15, 0.2) is 30.7 Å². The molecule has 8 heteroatoms. The maximum Gasteiger partial charge on any atom is 0.275 e. The van der Waals surface area contributed by atoms with Crippen LogP contribution >= 0.6 is 0 Å². The van der Waals surface area contributed by atoms with Gasteiger partial charge < -0.3 is 15.5 Å². The molecule has 1 atom stereocenters. The molecule has 2 N–H and O–H groups in total. The molecule has 1 aliphatic rings. The number of carbonyl (C=O) groups is 1. The van der Waals surface area contributed by atoms with Crippen LogP contribution in [0.2, 0.25) is 0 Å². The molecule has 4 heterocycles. The third-order valence-corrected chi connectivity index (χ3v) is 4.96. The zero-order chi connectivity index (χ0) is 19.0. The van der Waals surface area contributed by atoms with Gasteiger partial charge in [0.05, 0.1) is 23.6 Å². The maximum atomic E-state index is 12.6. The second-order valence-electron chi connectivity index (χ2n) is 6.96. The van der Waals surface area contributed by atoms with Crippen molar-refractivity contribution in [2.45, 2.75) is 26.3 Å². The fraction of sp³-hybridized carbons (Fsp3) is 0.368. The van der Waals surface area contributed by atoms with Crippen LogP contribution in [0.5, 0.6) is 0 Å². The minimum Gasteiger partial charge on any atom is -0.354 e. The Balaban J connectivity index is 1.49. The Morgan fingerprint density at radius 2 is 2.07 bits per heavy atom. The number of nitrogens with one attached hydrogen (secondary N) is 2. The monoisotopic (exact) mass is 365 g/mol. The number of anilines is 2. The lowest BCUT2D eigenvalue weighted by atomic mass is 10.2. The highest BCUT2D eigenvalue weighted by molar-refractivity contribution is 6.03. The number of rotatable bonds is 4. The van der Waals surface area contributed by atoms with Gasteiger partial charge in [-0.1, -0.05) is 0 Å². The molecule has 4 rings (SSSR count). The van der Waals surface area contributed by atoms with E-state index in [1.54, 1.807) is 6.20 Å². The molecule has 0 aromatic carbocycles. The van der Waals surface area contributed by atoms with Crippen LogP contribution in [-0.4, -0.2) is 51.7 Å². The second-order valence-corrected chi connectivity index (χ2v) is 6.96. The van der Waals surface area contributed by atoms with E-state index in [1.165, 1.54) is 6.20 Å². The Morgan fingerprint density at radius 1 is 1.22 bits per heavy atom. The quantitative estimate of drug-likeness (QED) is 0.733. The molecular formula is C19H23N7O. The number of nitrogens with zero attached hydrogens (tertiary/aromatic N) is 5. The van der Waals surface area contributed by atoms with Gasteiger partial charge in [0, 0.05) is 31.0 Å². The Kier molecular flexibility index (Phi) is 4.49. The Bertz CT molecular complexity index is 980. The molecule has 0 bridgehead atoms. The second kappa shape index (κ2) is 6.96. The van der Waals surface area contributed by atoms with E-state index in [0.717, 1.165) is 47.8 Å². The van der Waals surface area contributed by atoms with Crippen LogP contribution in [0, 0.1) is 13.8 Å². The standard InChI is InChI=1S/C19H23N7O/c1-12-10-26-15(6-13(2)24-26)7-16(12)23-19(27)17-8-22-18(9-21-17)25-5-4-14(11-25)20-3/h6-10,14,20H,4-5,11H2,1-3H3,(H,23,27). The van der Waals surface area contributed by atoms with Crippen molar-refractivity contribution in [3.05, 3.63) is 47.7 Å². The lowest BCUT2D eigenvalue weighted by Gasteiger charge is -2.17. The zero-order valence-electron chi connectivity index (χ0n) is 15.7. The molecule has 140 valence electrons. The first-order valence-corrected chi connectivity index (χ1v) is 9.06. The van der Waals surface area contributed by atoms with Crippen molar-refractivity contribution in [3.63, 3.8) is 0 Å². The number of hydrogen-bond acceptors (Lipinski definition) is 6. The molecule has 0 spiro atoms. The van der Waals surface area contributed by atoms with E-state index < -0.39 is 0 Å². The molecule has 1 amide bonds. The zero-order valence-corrected chi connectivity index (χ0v) is 15.7. The predicted molar refractivity (Wildman–Crippen MR) is 104 cm³/mol. The van der Waals surface area contributed by atoms with Crippen molar-refractivity contribution in [2.24, 2.45) is 0 Å². The molecule has 0 radical (unpaired) electrons. The number of pyridine rings is 1. The van der Waals surface area contributed by atoms with Crippen molar-refractivity contribution in [3.8, 4) is 0 Å². The van der Waals surface area contributed by atoms with Gasteiger partial charge in [-0.25, -0.2) is 14.5 Å². The van der Waals surface area contributed by atoms with Crippen LogP contribution in [0.25, 0.3) is 5.52 Å². The summed E-state index contributed by atoms with van der Waals surface area (Å²) >= 11 is 0. The Hall–Kier alpha value is -3.00. The maximum absolute atomic E-state index is 12.6. The molecule has 27 heavy (non-hydrogen) atoms. The van der Waals surface area contributed by atoms with Gasteiger partial charge in [-0.2, -0.15) is 5.10 Å². The fourth-order valence-electron chi connectivity index (χ4n) is 3.39. The van der Waals surface area contributed by atoms with E-state index >= 15 is 0 Å². The number of aromatic nitrogens is 4. The first-order chi connectivity index (χ1) is 13.0. The SMILES string of the molecule is CNC1CCN(c2cnc(C(=O)Nc3cc4cc(C)nn4cc3C)cn2)C1. The van der Waals surface area contributed by atoms with Crippen molar-refractivity contribution >= 4 is 22.9 Å². The minimum absolute atomic E-state index is 0.271. The molecule has 0 saturated carbocycles. The number of fused-ring (bicyclic) bond motifs is 1. The van der Waals surface area contributed by atoms with E-state index in [2.05, 4.69) is 30.6 Å². The number of likely N-dealkylation sites (N-methyl/N-ethyl adjacent to an activating group) is 1. The van der Waals surface area contributed by atoms with Gasteiger partial charge in [0.1, 0.15) is 11.5 Å². The van der Waals surface area contributed by atoms with E-state index in [4.69, 9.17) is 0 Å². The summed E-state index contributed by atoms with van der Waals surface area (Å²) in [4.78, 5) is 23.5. The molecular weight excluding hydrogens is 342 g/mol. The number of aryl methyl sites for hydroxylation is 2. The molecule has 0 aliphatic carbocycles. The van der Waals surface area contributed by atoms with Crippen molar-refractivity contribution in [2.75, 3.05) is 30.4 Å². The van der Waals surface area contributed by atoms with E-state index in [-0.39, 0.29) is 5.91 Å². The van der Waals surface area contributed by atoms with Crippen molar-refractivity contribution in [1.82, 2.24) is 24.9 Å². The van der Waals surface area contributed by atoms with Gasteiger partial charge >= 0.3 is 0 Å². The molecule has 1 aliphatic heterocycles. The summed E-state index contributed by atoms with van der Waals surface area (Å²) in [5.41, 5.74) is 3.84. The van der Waals surface area contributed by atoms with E-state index in [0.29, 0.717) is 11.7 Å². The Labute approximate surface area is 157 Å². The molecule has 3 aromatic heterocycles. The van der Waals surface area contributed by atoms with Gasteiger partial charge in [-0.05, 0) is 45.0 Å². The highest BCUT2D eigenvalue weighted by atomic mass is 16.1. The summed E-state index contributed by atoms with van der Waals surface area (Å²) in [7, 11) is 1.97. The highest BCUT2D eigenvalue weighted by Crippen LogP contribution is 2.20. The molecule has 3 aromatic rings. The number of hydrogen-bond donors (Lipinski definition) is 2. The fourth-order valence-corrected chi connectivity index (χ4v) is 3.39. The summed E-state index contributed by atoms with van der Waals surface area (Å²) in [6.07, 6.45) is 6.19. The predicted octanol–water partition coefficient (Wildman–Crippen LogP) is 1.79. The number of carbonyl (C=O) groups excluding carboxylic acids is 1. The first-order valence-electron chi connectivity index (χ1n) is 9.06. The first kappa shape index (κ1) is 17.4. The van der Waals surface area contributed by atoms with Crippen LogP contribution in [0.3, 0.4) is 0 Å². The lowest BCUT2D eigenvalue weighted by molar-refractivity contribution is 0.102. The minimum atomic E-state index is -0.271. The summed E-state index contributed by atoms with van der Waals surface area (Å²) in [5.74, 6) is 0.531. The van der Waals surface area contributed by atoms with Gasteiger partial charge in [0.15, 0.2) is 0 Å². The summed E-state index contributed by atoms with van der Waals surface area (Å²) in [6, 6.07) is 4.36. The average molecular weight is 365 g/mol. The topological polar surface area (TPSA) is 87.5 Å². The molecule has 1 unspecified atom stereocenters. The average Bonchev–Trinajstić information content (AvgIpc) is 3.27. The smallest absolute Gasteiger partial charge is 0.275 e. The summed E-state index contributed by atoms with van der Waals surface area (Å²) in [6.45, 7) is 5.72. The number of amides is 1. The van der Waals surface area contributed by atoms with E-state index in [9.17, 15) is 4.79 Å². The summed E-state index contributed by atoms with van der Waals surface area (Å²) in [5, 5.41) is 10.6. The normalized spacial score (nSPS) is 16.9. The van der Waals surface area contributed by atoms with Crippen molar-refractivity contribution in [1.29, 1.82) is 0 Å².